The zero-order chi connectivity index (χ0) is 16.4. The number of amides is 1. The zero-order valence-corrected chi connectivity index (χ0v) is 15.5. The molecule has 0 N–H and O–H groups in total. The predicted molar refractivity (Wildman–Crippen MR) is 101 cm³/mol. The number of methoxy groups -OCH3 is 1. The van der Waals surface area contributed by atoms with E-state index in [9.17, 15) is 4.79 Å². The lowest BCUT2D eigenvalue weighted by molar-refractivity contribution is -0.119. The molecule has 0 aromatic heterocycles. The van der Waals surface area contributed by atoms with Crippen LogP contribution in [0, 0.1) is 6.92 Å². The van der Waals surface area contributed by atoms with E-state index in [0.717, 1.165) is 23.2 Å². The molecule has 3 nitrogen and oxygen atoms in total. The van der Waals surface area contributed by atoms with Crippen LogP contribution in [0.5, 0.6) is 0 Å². The van der Waals surface area contributed by atoms with Crippen molar-refractivity contribution in [1.29, 1.82) is 0 Å². The fraction of sp³-hybridized carbons (Fsp3) is 0.316. The number of aryl methyl sites for hydroxylation is 1. The van der Waals surface area contributed by atoms with Gasteiger partial charge >= 0.3 is 0 Å². The van der Waals surface area contributed by atoms with Crippen molar-refractivity contribution in [2.75, 3.05) is 25.2 Å². The average Bonchev–Trinajstić information content (AvgIpc) is 2.78. The second-order valence-corrected chi connectivity index (χ2v) is 7.47. The molecular formula is C19H20INO2. The summed E-state index contributed by atoms with van der Waals surface area (Å²) >= 11 is 2.31. The molecule has 2 aromatic rings. The third kappa shape index (κ3) is 2.78. The smallest absolute Gasteiger partial charge is 0.252 e. The van der Waals surface area contributed by atoms with Crippen molar-refractivity contribution >= 4 is 34.2 Å². The van der Waals surface area contributed by atoms with Crippen molar-refractivity contribution in [2.45, 2.75) is 16.8 Å². The topological polar surface area (TPSA) is 29.5 Å². The van der Waals surface area contributed by atoms with Gasteiger partial charge in [0.25, 0.3) is 5.91 Å². The first-order chi connectivity index (χ1) is 11.1. The molecule has 1 heterocycles. The fourth-order valence-electron chi connectivity index (χ4n) is 3.10. The van der Waals surface area contributed by atoms with Crippen LogP contribution in [0.3, 0.4) is 0 Å². The molecule has 120 valence electrons. The normalized spacial score (nSPS) is 20.0. The Kier molecular flexibility index (Phi) is 4.73. The summed E-state index contributed by atoms with van der Waals surface area (Å²) < 4.78 is 4.50. The van der Waals surface area contributed by atoms with Gasteiger partial charge in [-0.25, -0.2) is 0 Å². The van der Waals surface area contributed by atoms with E-state index in [1.54, 1.807) is 7.11 Å². The number of carbonyl (C=O) groups excluding carboxylic acids is 1. The van der Waals surface area contributed by atoms with Crippen LogP contribution in [0.4, 0.5) is 5.69 Å². The summed E-state index contributed by atoms with van der Waals surface area (Å²) in [4.78, 5) is 15.2. The quantitative estimate of drug-likeness (QED) is 0.414. The molecule has 0 radical (unpaired) electrons. The van der Waals surface area contributed by atoms with Crippen molar-refractivity contribution in [2.24, 2.45) is 0 Å². The number of carbonyl (C=O) groups is 1. The van der Waals surface area contributed by atoms with Gasteiger partial charge in [-0.1, -0.05) is 65.1 Å². The maximum absolute atomic E-state index is 13.3. The predicted octanol–water partition coefficient (Wildman–Crippen LogP) is 4.06. The number of rotatable bonds is 5. The standard InChI is InChI=1S/C19H20INO2/c1-14-9-10-16-17(13-14)21(11-6-12-23-2)18(22)19(16,20)15-7-4-3-5-8-15/h3-5,7-10,13H,6,11-12H2,1-2H3. The lowest BCUT2D eigenvalue weighted by atomic mass is 9.92. The molecule has 1 atom stereocenters. The minimum atomic E-state index is -0.644. The minimum Gasteiger partial charge on any atom is -0.385 e. The molecule has 0 saturated heterocycles. The third-order valence-corrected chi connectivity index (χ3v) is 5.92. The van der Waals surface area contributed by atoms with Crippen LogP contribution in [0.1, 0.15) is 23.1 Å². The summed E-state index contributed by atoms with van der Waals surface area (Å²) in [6.07, 6.45) is 0.830. The number of hydrogen-bond acceptors (Lipinski definition) is 2. The highest BCUT2D eigenvalue weighted by Gasteiger charge is 2.50. The van der Waals surface area contributed by atoms with Crippen LogP contribution in [0.25, 0.3) is 0 Å². The Hall–Kier alpha value is -1.40. The summed E-state index contributed by atoms with van der Waals surface area (Å²) in [6.45, 7) is 3.40. The molecule has 0 spiro atoms. The molecule has 23 heavy (non-hydrogen) atoms. The molecule has 2 aromatic carbocycles. The lowest BCUT2D eigenvalue weighted by Crippen LogP contribution is -2.37. The minimum absolute atomic E-state index is 0.140. The Morgan fingerprint density at radius 3 is 2.61 bits per heavy atom. The van der Waals surface area contributed by atoms with E-state index < -0.39 is 3.42 Å². The van der Waals surface area contributed by atoms with E-state index in [1.165, 1.54) is 5.56 Å². The van der Waals surface area contributed by atoms with E-state index in [-0.39, 0.29) is 5.91 Å². The second-order valence-electron chi connectivity index (χ2n) is 5.85. The monoisotopic (exact) mass is 421 g/mol. The summed E-state index contributed by atoms with van der Waals surface area (Å²) in [5.74, 6) is 0.140. The summed E-state index contributed by atoms with van der Waals surface area (Å²) in [5, 5.41) is 0. The first kappa shape index (κ1) is 16.5. The molecule has 0 saturated carbocycles. The van der Waals surface area contributed by atoms with Gasteiger partial charge < -0.3 is 9.64 Å². The molecule has 0 aliphatic carbocycles. The SMILES string of the molecule is COCCCN1C(=O)C(I)(c2ccccc2)c2ccc(C)cc21. The maximum atomic E-state index is 13.3. The number of ether oxygens (including phenoxy) is 1. The summed E-state index contributed by atoms with van der Waals surface area (Å²) in [5.41, 5.74) is 4.31. The molecular weight excluding hydrogens is 401 g/mol. The van der Waals surface area contributed by atoms with Gasteiger partial charge in [0.15, 0.2) is 3.42 Å². The lowest BCUT2D eigenvalue weighted by Gasteiger charge is -2.23. The van der Waals surface area contributed by atoms with Crippen molar-refractivity contribution in [1.82, 2.24) is 0 Å². The van der Waals surface area contributed by atoms with Gasteiger partial charge in [-0.05, 0) is 30.5 Å². The molecule has 1 unspecified atom stereocenters. The largest absolute Gasteiger partial charge is 0.385 e. The number of hydrogen-bond donors (Lipinski definition) is 0. The number of nitrogens with zero attached hydrogens (tertiary/aromatic N) is 1. The number of benzene rings is 2. The highest BCUT2D eigenvalue weighted by atomic mass is 127. The van der Waals surface area contributed by atoms with Crippen LogP contribution < -0.4 is 4.90 Å². The van der Waals surface area contributed by atoms with E-state index in [4.69, 9.17) is 4.74 Å². The maximum Gasteiger partial charge on any atom is 0.252 e. The molecule has 4 heteroatoms. The number of fused-ring (bicyclic) bond motifs is 1. The van der Waals surface area contributed by atoms with Gasteiger partial charge in [-0.3, -0.25) is 4.79 Å². The van der Waals surface area contributed by atoms with Gasteiger partial charge in [0.05, 0.1) is 0 Å². The van der Waals surface area contributed by atoms with Crippen molar-refractivity contribution in [3.8, 4) is 0 Å². The first-order valence-corrected chi connectivity index (χ1v) is 8.83. The van der Waals surface area contributed by atoms with Gasteiger partial charge in [0.2, 0.25) is 0 Å². The zero-order valence-electron chi connectivity index (χ0n) is 13.4. The van der Waals surface area contributed by atoms with Gasteiger partial charge in [0, 0.05) is 31.5 Å². The van der Waals surface area contributed by atoms with E-state index >= 15 is 0 Å². The molecule has 1 amide bonds. The van der Waals surface area contributed by atoms with E-state index in [1.807, 2.05) is 35.2 Å². The Morgan fingerprint density at radius 2 is 1.91 bits per heavy atom. The number of alkyl halides is 1. The van der Waals surface area contributed by atoms with Crippen LogP contribution >= 0.6 is 22.6 Å². The average molecular weight is 421 g/mol. The Balaban J connectivity index is 2.08. The fourth-order valence-corrected chi connectivity index (χ4v) is 4.21. The third-order valence-electron chi connectivity index (χ3n) is 4.26. The van der Waals surface area contributed by atoms with Crippen molar-refractivity contribution < 1.29 is 9.53 Å². The van der Waals surface area contributed by atoms with Gasteiger partial charge in [-0.15, -0.1) is 0 Å². The molecule has 0 fully saturated rings. The van der Waals surface area contributed by atoms with Crippen LogP contribution in [0.2, 0.25) is 0 Å². The Labute approximate surface area is 150 Å². The molecule has 0 bridgehead atoms. The summed E-state index contributed by atoms with van der Waals surface area (Å²) in [6, 6.07) is 16.3. The molecule has 3 rings (SSSR count). The van der Waals surface area contributed by atoms with Crippen LogP contribution in [-0.4, -0.2) is 26.2 Å². The van der Waals surface area contributed by atoms with E-state index in [0.29, 0.717) is 13.2 Å². The van der Waals surface area contributed by atoms with Crippen molar-refractivity contribution in [3.05, 3.63) is 65.2 Å². The van der Waals surface area contributed by atoms with Crippen molar-refractivity contribution in [3.63, 3.8) is 0 Å². The van der Waals surface area contributed by atoms with E-state index in [2.05, 4.69) is 47.7 Å². The van der Waals surface area contributed by atoms with Crippen LogP contribution in [-0.2, 0) is 13.0 Å². The molecule has 1 aliphatic heterocycles. The first-order valence-electron chi connectivity index (χ1n) is 7.75. The highest BCUT2D eigenvalue weighted by Crippen LogP contribution is 2.50. The van der Waals surface area contributed by atoms with Gasteiger partial charge in [0.1, 0.15) is 0 Å². The Morgan fingerprint density at radius 1 is 1.17 bits per heavy atom. The highest BCUT2D eigenvalue weighted by molar-refractivity contribution is 14.1. The number of anilines is 1. The van der Waals surface area contributed by atoms with Crippen LogP contribution in [0.15, 0.2) is 48.5 Å². The molecule has 1 aliphatic rings. The summed E-state index contributed by atoms with van der Waals surface area (Å²) in [7, 11) is 1.69. The number of halogens is 1. The second kappa shape index (κ2) is 6.61. The van der Waals surface area contributed by atoms with Gasteiger partial charge in [-0.2, -0.15) is 0 Å². The Bertz CT molecular complexity index is 717.